The third-order valence-electron chi connectivity index (χ3n) is 4.80. The molecule has 0 radical (unpaired) electrons. The van der Waals surface area contributed by atoms with E-state index in [1.165, 1.54) is 12.1 Å². The summed E-state index contributed by atoms with van der Waals surface area (Å²) in [5.41, 5.74) is -1.08. The van der Waals surface area contributed by atoms with Crippen LogP contribution in [0.2, 0.25) is 0 Å². The Morgan fingerprint density at radius 2 is 2.04 bits per heavy atom. The molecule has 1 aliphatic carbocycles. The van der Waals surface area contributed by atoms with E-state index in [1.807, 2.05) is 6.92 Å². The first kappa shape index (κ1) is 18.2. The minimum atomic E-state index is -1.07. The Morgan fingerprint density at radius 3 is 2.65 bits per heavy atom. The van der Waals surface area contributed by atoms with Crippen molar-refractivity contribution in [1.82, 2.24) is 15.3 Å². The summed E-state index contributed by atoms with van der Waals surface area (Å²) in [6, 6.07) is 3.46. The first-order valence-corrected chi connectivity index (χ1v) is 8.25. The molecule has 5 nitrogen and oxygen atoms in total. The maximum Gasteiger partial charge on any atom is 0.287 e. The summed E-state index contributed by atoms with van der Waals surface area (Å²) >= 11 is 0. The topological polar surface area (TPSA) is 74.8 Å². The molecule has 1 heterocycles. The number of aromatic nitrogens is 2. The molecule has 8 heteroatoms. The van der Waals surface area contributed by atoms with E-state index in [0.29, 0.717) is 24.1 Å². The van der Waals surface area contributed by atoms with Crippen molar-refractivity contribution in [1.29, 1.82) is 0 Å². The van der Waals surface area contributed by atoms with Gasteiger partial charge in [-0.05, 0) is 42.2 Å². The van der Waals surface area contributed by atoms with Crippen LogP contribution in [0, 0.1) is 28.8 Å². The van der Waals surface area contributed by atoms with Gasteiger partial charge in [0.2, 0.25) is 5.82 Å². The van der Waals surface area contributed by atoms with E-state index in [1.54, 1.807) is 0 Å². The number of benzene rings is 1. The molecule has 26 heavy (non-hydrogen) atoms. The Bertz CT molecular complexity index is 895. The molecule has 0 bridgehead atoms. The van der Waals surface area contributed by atoms with Gasteiger partial charge in [0, 0.05) is 12.6 Å². The number of amides is 1. The van der Waals surface area contributed by atoms with E-state index >= 15 is 0 Å². The molecule has 0 aliphatic heterocycles. The molecule has 1 fully saturated rings. The van der Waals surface area contributed by atoms with E-state index in [4.69, 9.17) is 0 Å². The van der Waals surface area contributed by atoms with Gasteiger partial charge >= 0.3 is 0 Å². The van der Waals surface area contributed by atoms with Gasteiger partial charge in [0.15, 0.2) is 5.82 Å². The van der Waals surface area contributed by atoms with Gasteiger partial charge in [-0.3, -0.25) is 14.6 Å². The van der Waals surface area contributed by atoms with Crippen LogP contribution >= 0.6 is 0 Å². The van der Waals surface area contributed by atoms with E-state index in [-0.39, 0.29) is 12.4 Å². The molecule has 1 aromatic carbocycles. The summed E-state index contributed by atoms with van der Waals surface area (Å²) in [5, 5.41) is 2.67. The van der Waals surface area contributed by atoms with Crippen molar-refractivity contribution in [2.24, 2.45) is 11.3 Å². The molecule has 0 unspecified atom stereocenters. The average Bonchev–Trinajstić information content (AvgIpc) is 3.43. The van der Waals surface area contributed by atoms with E-state index in [9.17, 15) is 22.8 Å². The van der Waals surface area contributed by atoms with Crippen LogP contribution in [0.5, 0.6) is 0 Å². The van der Waals surface area contributed by atoms with Crippen LogP contribution in [0.1, 0.15) is 35.9 Å². The number of halogens is 3. The third kappa shape index (κ3) is 3.95. The lowest BCUT2D eigenvalue weighted by molar-refractivity contribution is 0.0915. The van der Waals surface area contributed by atoms with Crippen molar-refractivity contribution in [2.75, 3.05) is 6.54 Å². The summed E-state index contributed by atoms with van der Waals surface area (Å²) in [7, 11) is 0. The van der Waals surface area contributed by atoms with E-state index in [2.05, 4.69) is 15.3 Å². The Balaban J connectivity index is 1.72. The predicted molar refractivity (Wildman–Crippen MR) is 88.0 cm³/mol. The molecule has 138 valence electrons. The van der Waals surface area contributed by atoms with Gasteiger partial charge in [0.05, 0.1) is 6.20 Å². The zero-order valence-corrected chi connectivity index (χ0v) is 14.1. The second-order valence-corrected chi connectivity index (χ2v) is 6.93. The molecule has 0 spiro atoms. The fourth-order valence-corrected chi connectivity index (χ4v) is 3.09. The van der Waals surface area contributed by atoms with Crippen molar-refractivity contribution in [2.45, 2.75) is 26.2 Å². The van der Waals surface area contributed by atoms with Crippen LogP contribution in [0.15, 0.2) is 29.2 Å². The lowest BCUT2D eigenvalue weighted by Gasteiger charge is -2.30. The first-order valence-electron chi connectivity index (χ1n) is 8.25. The Hall–Kier alpha value is -2.64. The van der Waals surface area contributed by atoms with Crippen molar-refractivity contribution < 1.29 is 18.0 Å². The predicted octanol–water partition coefficient (Wildman–Crippen LogP) is 2.58. The maximum atomic E-state index is 14.0. The molecule has 2 aromatic rings. The normalized spacial score (nSPS) is 16.2. The van der Waals surface area contributed by atoms with E-state index in [0.717, 1.165) is 18.9 Å². The van der Waals surface area contributed by atoms with Gasteiger partial charge in [-0.25, -0.2) is 13.8 Å². The molecule has 1 aromatic heterocycles. The molecule has 1 saturated carbocycles. The number of nitrogens with one attached hydrogen (secondary N) is 2. The largest absolute Gasteiger partial charge is 0.349 e. The number of carbonyl (C=O) groups excluding carboxylic acids is 1. The van der Waals surface area contributed by atoms with Crippen molar-refractivity contribution in [3.63, 3.8) is 0 Å². The molecule has 1 aliphatic rings. The Labute approximate surface area is 147 Å². The van der Waals surface area contributed by atoms with Crippen LogP contribution in [-0.2, 0) is 6.42 Å². The molecule has 1 atom stereocenters. The van der Waals surface area contributed by atoms with Crippen molar-refractivity contribution in [3.8, 4) is 0 Å². The summed E-state index contributed by atoms with van der Waals surface area (Å²) in [4.78, 5) is 29.0. The average molecular weight is 365 g/mol. The summed E-state index contributed by atoms with van der Waals surface area (Å²) in [6.07, 6.45) is 2.93. The van der Waals surface area contributed by atoms with E-state index < -0.39 is 34.3 Å². The van der Waals surface area contributed by atoms with Crippen molar-refractivity contribution in [3.05, 3.63) is 63.6 Å². The minimum absolute atomic E-state index is 0.217. The molecular formula is C18H18F3N3O2. The number of hydrogen-bond donors (Lipinski definition) is 2. The third-order valence-corrected chi connectivity index (χ3v) is 4.80. The maximum absolute atomic E-state index is 14.0. The van der Waals surface area contributed by atoms with Gasteiger partial charge in [-0.2, -0.15) is 4.39 Å². The number of nitrogens with zero attached hydrogens (tertiary/aromatic N) is 1. The van der Waals surface area contributed by atoms with Gasteiger partial charge in [0.25, 0.3) is 11.5 Å². The number of rotatable bonds is 6. The lowest BCUT2D eigenvalue weighted by Crippen LogP contribution is -2.40. The highest BCUT2D eigenvalue weighted by molar-refractivity contribution is 5.90. The Morgan fingerprint density at radius 1 is 1.31 bits per heavy atom. The van der Waals surface area contributed by atoms with Gasteiger partial charge < -0.3 is 5.32 Å². The SMILES string of the molecule is C[C@@](CNC(=O)c1ncc(F)c(=O)[nH]1)(Cc1ccc(F)cc1F)C1CC1. The summed E-state index contributed by atoms with van der Waals surface area (Å²) in [6.45, 7) is 2.14. The monoisotopic (exact) mass is 365 g/mol. The zero-order valence-electron chi connectivity index (χ0n) is 14.1. The second kappa shape index (κ2) is 6.93. The molecule has 2 N–H and O–H groups in total. The fraction of sp³-hybridized carbons (Fsp3) is 0.389. The fourth-order valence-electron chi connectivity index (χ4n) is 3.09. The van der Waals surface area contributed by atoms with Crippen molar-refractivity contribution >= 4 is 5.91 Å². The van der Waals surface area contributed by atoms with Gasteiger partial charge in [0.1, 0.15) is 11.6 Å². The molecular weight excluding hydrogens is 347 g/mol. The standard InChI is InChI=1S/C18H18F3N3O2/c1-18(11-3-4-11,7-10-2-5-12(19)6-13(10)20)9-23-17(26)15-22-8-14(21)16(25)24-15/h2,5-6,8,11H,3-4,7,9H2,1H3,(H,23,26)(H,22,24,25)/t18-/m0/s1. The van der Waals surface area contributed by atoms with Crippen LogP contribution in [0.25, 0.3) is 0 Å². The molecule has 3 rings (SSSR count). The lowest BCUT2D eigenvalue weighted by atomic mass is 9.78. The number of carbonyl (C=O) groups is 1. The first-order chi connectivity index (χ1) is 12.3. The zero-order chi connectivity index (χ0) is 18.9. The van der Waals surface area contributed by atoms with Crippen LogP contribution < -0.4 is 10.9 Å². The highest BCUT2D eigenvalue weighted by atomic mass is 19.1. The number of aromatic amines is 1. The van der Waals surface area contributed by atoms with Crippen LogP contribution in [0.4, 0.5) is 13.2 Å². The van der Waals surface area contributed by atoms with Gasteiger partial charge in [-0.15, -0.1) is 0 Å². The highest BCUT2D eigenvalue weighted by Crippen LogP contribution is 2.47. The molecule has 1 amide bonds. The van der Waals surface area contributed by atoms with Crippen LogP contribution in [0.3, 0.4) is 0 Å². The smallest absolute Gasteiger partial charge is 0.287 e. The number of H-pyrrole nitrogens is 1. The Kier molecular flexibility index (Phi) is 4.84. The highest BCUT2D eigenvalue weighted by Gasteiger charge is 2.42. The van der Waals surface area contributed by atoms with Gasteiger partial charge in [-0.1, -0.05) is 13.0 Å². The quantitative estimate of drug-likeness (QED) is 0.826. The number of hydrogen-bond acceptors (Lipinski definition) is 3. The summed E-state index contributed by atoms with van der Waals surface area (Å²) < 4.78 is 40.1. The molecule has 0 saturated heterocycles. The van der Waals surface area contributed by atoms with Crippen LogP contribution in [-0.4, -0.2) is 22.4 Å². The minimum Gasteiger partial charge on any atom is -0.349 e. The summed E-state index contributed by atoms with van der Waals surface area (Å²) in [5.74, 6) is -2.97. The second-order valence-electron chi connectivity index (χ2n) is 6.93.